The highest BCUT2D eigenvalue weighted by Gasteiger charge is 2.35. The van der Waals surface area contributed by atoms with Gasteiger partial charge in [-0.3, -0.25) is 4.99 Å². The third-order valence-electron chi connectivity index (χ3n) is 5.79. The van der Waals surface area contributed by atoms with E-state index in [1.165, 1.54) is 18.4 Å². The fraction of sp³-hybridized carbons (Fsp3) is 0.650. The van der Waals surface area contributed by atoms with Gasteiger partial charge >= 0.3 is 0 Å². The van der Waals surface area contributed by atoms with E-state index in [4.69, 9.17) is 4.74 Å². The van der Waals surface area contributed by atoms with E-state index in [2.05, 4.69) is 62.3 Å². The summed E-state index contributed by atoms with van der Waals surface area (Å²) in [6.07, 6.45) is 4.62. The van der Waals surface area contributed by atoms with E-state index >= 15 is 0 Å². The highest BCUT2D eigenvalue weighted by Crippen LogP contribution is 2.35. The first kappa shape index (κ1) is 18.7. The van der Waals surface area contributed by atoms with Crippen molar-refractivity contribution in [1.82, 2.24) is 10.2 Å². The molecule has 2 heterocycles. The summed E-state index contributed by atoms with van der Waals surface area (Å²) in [5, 5.41) is 3.69. The van der Waals surface area contributed by atoms with Crippen molar-refractivity contribution in [3.8, 4) is 0 Å². The summed E-state index contributed by atoms with van der Waals surface area (Å²) in [6.45, 7) is 7.13. The Morgan fingerprint density at radius 2 is 1.88 bits per heavy atom. The molecule has 2 aliphatic rings. The summed E-state index contributed by atoms with van der Waals surface area (Å²) in [5.74, 6) is 1.88. The maximum absolute atomic E-state index is 5.65. The molecule has 0 radical (unpaired) electrons. The first-order valence-electron chi connectivity index (χ1n) is 9.42. The van der Waals surface area contributed by atoms with Gasteiger partial charge in [-0.05, 0) is 49.3 Å². The molecule has 138 valence electrons. The number of nitrogens with zero attached hydrogens (tertiary/aromatic N) is 2. The Hall–Kier alpha value is -1.07. The molecule has 0 atom stereocenters. The van der Waals surface area contributed by atoms with Crippen molar-refractivity contribution < 1.29 is 4.74 Å². The minimum absolute atomic E-state index is 0.123. The Morgan fingerprint density at radius 3 is 2.48 bits per heavy atom. The summed E-state index contributed by atoms with van der Waals surface area (Å²) >= 11 is 3.55. The molecule has 2 aliphatic heterocycles. The van der Waals surface area contributed by atoms with Gasteiger partial charge in [0, 0.05) is 49.8 Å². The normalized spacial score (nSPS) is 22.0. The molecule has 0 amide bonds. The van der Waals surface area contributed by atoms with Crippen LogP contribution in [0, 0.1) is 5.92 Å². The van der Waals surface area contributed by atoms with Crippen LogP contribution in [0.15, 0.2) is 33.7 Å². The van der Waals surface area contributed by atoms with E-state index in [0.717, 1.165) is 62.0 Å². The van der Waals surface area contributed by atoms with Gasteiger partial charge in [0.1, 0.15) is 0 Å². The zero-order valence-corrected chi connectivity index (χ0v) is 17.0. The first-order chi connectivity index (χ1) is 12.1. The van der Waals surface area contributed by atoms with Crippen LogP contribution >= 0.6 is 15.9 Å². The molecular formula is C20H30BrN3O. The molecule has 2 fully saturated rings. The quantitative estimate of drug-likeness (QED) is 0.611. The molecule has 0 aliphatic carbocycles. The molecule has 4 nitrogen and oxygen atoms in total. The van der Waals surface area contributed by atoms with Crippen molar-refractivity contribution in [1.29, 1.82) is 0 Å². The summed E-state index contributed by atoms with van der Waals surface area (Å²) in [7, 11) is 1.90. The molecule has 5 heteroatoms. The van der Waals surface area contributed by atoms with E-state index in [-0.39, 0.29) is 5.41 Å². The fourth-order valence-electron chi connectivity index (χ4n) is 3.93. The number of piperidine rings is 1. The van der Waals surface area contributed by atoms with Crippen molar-refractivity contribution in [2.75, 3.05) is 39.9 Å². The molecule has 3 rings (SSSR count). The molecule has 1 aromatic rings. The van der Waals surface area contributed by atoms with Gasteiger partial charge in [-0.25, -0.2) is 0 Å². The zero-order chi connectivity index (χ0) is 17.7. The third-order valence-corrected chi connectivity index (χ3v) is 6.32. The lowest BCUT2D eigenvalue weighted by molar-refractivity contribution is 0.0511. The lowest BCUT2D eigenvalue weighted by atomic mass is 9.74. The van der Waals surface area contributed by atoms with Gasteiger partial charge in [-0.1, -0.05) is 35.0 Å². The van der Waals surface area contributed by atoms with Crippen LogP contribution in [-0.2, 0) is 10.2 Å². The second-order valence-corrected chi connectivity index (χ2v) is 8.39. The second kappa shape index (κ2) is 8.54. The topological polar surface area (TPSA) is 36.9 Å². The fourth-order valence-corrected chi connectivity index (χ4v) is 4.20. The average Bonchev–Trinajstić information content (AvgIpc) is 2.65. The number of aliphatic imine (C=N–C) groups is 1. The number of rotatable bonds is 3. The number of hydrogen-bond donors (Lipinski definition) is 1. The van der Waals surface area contributed by atoms with Crippen LogP contribution in [0.4, 0.5) is 0 Å². The Bertz CT molecular complexity index is 573. The Kier molecular flexibility index (Phi) is 6.39. The summed E-state index contributed by atoms with van der Waals surface area (Å²) < 4.78 is 6.78. The molecule has 0 unspecified atom stereocenters. The first-order valence-corrected chi connectivity index (χ1v) is 10.2. The number of hydrogen-bond acceptors (Lipinski definition) is 2. The Balaban J connectivity index is 1.71. The summed E-state index contributed by atoms with van der Waals surface area (Å²) in [6, 6.07) is 8.80. The number of likely N-dealkylation sites (tertiary alicyclic amines) is 1. The van der Waals surface area contributed by atoms with Gasteiger partial charge in [0.15, 0.2) is 5.96 Å². The number of halogens is 1. The SMILES string of the molecule is CN=C(NCC1(c2ccc(Br)cc2)CCOCC1)N1CCC(C)CC1. The smallest absolute Gasteiger partial charge is 0.193 e. The molecule has 1 aromatic carbocycles. The van der Waals surface area contributed by atoms with Crippen LogP contribution in [0.2, 0.25) is 0 Å². The Labute approximate surface area is 160 Å². The number of guanidine groups is 1. The minimum Gasteiger partial charge on any atom is -0.381 e. The van der Waals surface area contributed by atoms with Gasteiger partial charge in [-0.15, -0.1) is 0 Å². The van der Waals surface area contributed by atoms with Crippen molar-refractivity contribution in [2.45, 2.75) is 38.0 Å². The number of benzene rings is 1. The zero-order valence-electron chi connectivity index (χ0n) is 15.4. The van der Waals surface area contributed by atoms with Gasteiger partial charge < -0.3 is 15.0 Å². The van der Waals surface area contributed by atoms with Crippen LogP contribution in [0.3, 0.4) is 0 Å². The lowest BCUT2D eigenvalue weighted by Gasteiger charge is -2.40. The van der Waals surface area contributed by atoms with Crippen LogP contribution in [0.1, 0.15) is 38.2 Å². The maximum atomic E-state index is 5.65. The maximum Gasteiger partial charge on any atom is 0.193 e. The highest BCUT2D eigenvalue weighted by molar-refractivity contribution is 9.10. The molecular weight excluding hydrogens is 378 g/mol. The predicted octanol–water partition coefficient (Wildman–Crippen LogP) is 3.80. The van der Waals surface area contributed by atoms with E-state index < -0.39 is 0 Å². The van der Waals surface area contributed by atoms with Gasteiger partial charge in [0.2, 0.25) is 0 Å². The largest absolute Gasteiger partial charge is 0.381 e. The Morgan fingerprint density at radius 1 is 1.24 bits per heavy atom. The number of nitrogens with one attached hydrogen (secondary N) is 1. The van der Waals surface area contributed by atoms with E-state index in [1.54, 1.807) is 0 Å². The second-order valence-electron chi connectivity index (χ2n) is 7.47. The minimum atomic E-state index is 0.123. The monoisotopic (exact) mass is 407 g/mol. The van der Waals surface area contributed by atoms with Crippen LogP contribution in [-0.4, -0.2) is 50.8 Å². The molecule has 1 N–H and O–H groups in total. The highest BCUT2D eigenvalue weighted by atomic mass is 79.9. The van der Waals surface area contributed by atoms with Crippen molar-refractivity contribution >= 4 is 21.9 Å². The molecule has 25 heavy (non-hydrogen) atoms. The van der Waals surface area contributed by atoms with Gasteiger partial charge in [-0.2, -0.15) is 0 Å². The van der Waals surface area contributed by atoms with Crippen LogP contribution in [0.5, 0.6) is 0 Å². The van der Waals surface area contributed by atoms with Crippen molar-refractivity contribution in [3.63, 3.8) is 0 Å². The van der Waals surface area contributed by atoms with Crippen molar-refractivity contribution in [3.05, 3.63) is 34.3 Å². The molecule has 0 saturated carbocycles. The van der Waals surface area contributed by atoms with Gasteiger partial charge in [0.05, 0.1) is 0 Å². The van der Waals surface area contributed by atoms with Crippen LogP contribution < -0.4 is 5.32 Å². The average molecular weight is 408 g/mol. The van der Waals surface area contributed by atoms with E-state index in [0.29, 0.717) is 0 Å². The predicted molar refractivity (Wildman–Crippen MR) is 107 cm³/mol. The molecule has 0 bridgehead atoms. The summed E-state index contributed by atoms with van der Waals surface area (Å²) in [5.41, 5.74) is 1.52. The third kappa shape index (κ3) is 4.56. The molecule has 2 saturated heterocycles. The van der Waals surface area contributed by atoms with E-state index in [9.17, 15) is 0 Å². The molecule has 0 aromatic heterocycles. The van der Waals surface area contributed by atoms with Crippen LogP contribution in [0.25, 0.3) is 0 Å². The molecule has 0 spiro atoms. The van der Waals surface area contributed by atoms with Crippen molar-refractivity contribution in [2.24, 2.45) is 10.9 Å². The standard InChI is InChI=1S/C20H30BrN3O/c1-16-7-11-24(12-8-16)19(22-2)23-15-20(9-13-25-14-10-20)17-3-5-18(21)6-4-17/h3-6,16H,7-15H2,1-2H3,(H,22,23). The van der Waals surface area contributed by atoms with Gasteiger partial charge in [0.25, 0.3) is 0 Å². The summed E-state index contributed by atoms with van der Waals surface area (Å²) in [4.78, 5) is 6.96. The van der Waals surface area contributed by atoms with E-state index in [1.807, 2.05) is 7.05 Å². The number of ether oxygens (including phenoxy) is 1. The lowest BCUT2D eigenvalue weighted by Crippen LogP contribution is -2.51.